The highest BCUT2D eigenvalue weighted by Crippen LogP contribution is 2.54. The lowest BCUT2D eigenvalue weighted by atomic mass is 9.69. The predicted molar refractivity (Wildman–Crippen MR) is 84.9 cm³/mol. The summed E-state index contributed by atoms with van der Waals surface area (Å²) in [6.45, 7) is 7.53. The number of anilines is 1. The number of aromatic carboxylic acids is 1. The molecule has 1 fully saturated rings. The van der Waals surface area contributed by atoms with Crippen molar-refractivity contribution in [1.82, 2.24) is 0 Å². The molecule has 1 aromatic carbocycles. The molecule has 0 amide bonds. The van der Waals surface area contributed by atoms with Crippen LogP contribution in [-0.2, 0) is 5.41 Å². The summed E-state index contributed by atoms with van der Waals surface area (Å²) in [5.41, 5.74) is 3.93. The summed E-state index contributed by atoms with van der Waals surface area (Å²) < 4.78 is 0. The molecule has 1 heterocycles. The van der Waals surface area contributed by atoms with E-state index in [1.807, 2.05) is 12.1 Å². The van der Waals surface area contributed by atoms with Gasteiger partial charge in [-0.15, -0.1) is 0 Å². The van der Waals surface area contributed by atoms with Gasteiger partial charge in [0, 0.05) is 23.3 Å². The number of rotatable bonds is 3. The SMILES string of the molecule is C=C1N(CCC)c2ccc(C(=O)O)cc2C12CCCCC2. The molecular weight excluding hydrogens is 262 g/mol. The van der Waals surface area contributed by atoms with Crippen LogP contribution in [0.1, 0.15) is 61.4 Å². The first-order chi connectivity index (χ1) is 10.1. The lowest BCUT2D eigenvalue weighted by molar-refractivity contribution is 0.0696. The van der Waals surface area contributed by atoms with Crippen LogP contribution in [0.5, 0.6) is 0 Å². The highest BCUT2D eigenvalue weighted by Gasteiger charge is 2.46. The fourth-order valence-electron chi connectivity index (χ4n) is 4.04. The third kappa shape index (κ3) is 2.06. The van der Waals surface area contributed by atoms with E-state index in [-0.39, 0.29) is 5.41 Å². The number of hydrogen-bond donors (Lipinski definition) is 1. The number of carboxylic acids is 1. The van der Waals surface area contributed by atoms with Crippen LogP contribution in [0.3, 0.4) is 0 Å². The van der Waals surface area contributed by atoms with E-state index in [1.54, 1.807) is 6.07 Å². The smallest absolute Gasteiger partial charge is 0.335 e. The van der Waals surface area contributed by atoms with Crippen molar-refractivity contribution in [2.75, 3.05) is 11.4 Å². The number of carbonyl (C=O) groups is 1. The van der Waals surface area contributed by atoms with Gasteiger partial charge in [0.2, 0.25) is 0 Å². The van der Waals surface area contributed by atoms with Gasteiger partial charge in [-0.1, -0.05) is 32.8 Å². The molecule has 21 heavy (non-hydrogen) atoms. The zero-order chi connectivity index (χ0) is 15.0. The zero-order valence-corrected chi connectivity index (χ0v) is 12.7. The molecular formula is C18H23NO2. The molecule has 1 saturated carbocycles. The average molecular weight is 285 g/mol. The van der Waals surface area contributed by atoms with Crippen LogP contribution in [0, 0.1) is 0 Å². The molecule has 0 unspecified atom stereocenters. The normalized spacial score (nSPS) is 19.9. The van der Waals surface area contributed by atoms with Gasteiger partial charge in [-0.25, -0.2) is 4.79 Å². The maximum Gasteiger partial charge on any atom is 0.335 e. The summed E-state index contributed by atoms with van der Waals surface area (Å²) in [6.07, 6.45) is 6.95. The van der Waals surface area contributed by atoms with Gasteiger partial charge >= 0.3 is 5.97 Å². The molecule has 1 N–H and O–H groups in total. The zero-order valence-electron chi connectivity index (χ0n) is 12.7. The number of nitrogens with zero attached hydrogens (tertiary/aromatic N) is 1. The van der Waals surface area contributed by atoms with Crippen molar-refractivity contribution < 1.29 is 9.90 Å². The van der Waals surface area contributed by atoms with Gasteiger partial charge in [-0.2, -0.15) is 0 Å². The Hall–Kier alpha value is -1.77. The van der Waals surface area contributed by atoms with Gasteiger partial charge in [0.25, 0.3) is 0 Å². The summed E-state index contributed by atoms with van der Waals surface area (Å²) in [5, 5.41) is 9.30. The minimum atomic E-state index is -0.844. The van der Waals surface area contributed by atoms with Crippen LogP contribution in [0.25, 0.3) is 0 Å². The number of hydrogen-bond acceptors (Lipinski definition) is 2. The summed E-state index contributed by atoms with van der Waals surface area (Å²) in [4.78, 5) is 13.6. The third-order valence-corrected chi connectivity index (χ3v) is 5.08. The predicted octanol–water partition coefficient (Wildman–Crippen LogP) is 4.33. The molecule has 3 rings (SSSR count). The Balaban J connectivity index is 2.14. The van der Waals surface area contributed by atoms with Gasteiger partial charge in [0.05, 0.1) is 5.56 Å². The molecule has 3 heteroatoms. The molecule has 0 aromatic heterocycles. The molecule has 3 nitrogen and oxygen atoms in total. The minimum Gasteiger partial charge on any atom is -0.478 e. The van der Waals surface area contributed by atoms with Crippen LogP contribution in [0.15, 0.2) is 30.5 Å². The van der Waals surface area contributed by atoms with Crippen molar-refractivity contribution in [3.05, 3.63) is 41.6 Å². The van der Waals surface area contributed by atoms with Crippen molar-refractivity contribution in [1.29, 1.82) is 0 Å². The van der Waals surface area contributed by atoms with E-state index >= 15 is 0 Å². The third-order valence-electron chi connectivity index (χ3n) is 5.08. The summed E-state index contributed by atoms with van der Waals surface area (Å²) >= 11 is 0. The second-order valence-corrected chi connectivity index (χ2v) is 6.28. The quantitative estimate of drug-likeness (QED) is 0.898. The molecule has 1 aliphatic heterocycles. The summed E-state index contributed by atoms with van der Waals surface area (Å²) in [6, 6.07) is 5.59. The Morgan fingerprint density at radius 1 is 1.33 bits per heavy atom. The van der Waals surface area contributed by atoms with E-state index in [9.17, 15) is 9.90 Å². The molecule has 1 spiro atoms. The Morgan fingerprint density at radius 2 is 2.05 bits per heavy atom. The number of carboxylic acid groups (broad SMARTS) is 1. The maximum absolute atomic E-state index is 11.3. The van der Waals surface area contributed by atoms with Crippen LogP contribution in [0.2, 0.25) is 0 Å². The van der Waals surface area contributed by atoms with Crippen LogP contribution < -0.4 is 4.90 Å². The first-order valence-corrected chi connectivity index (χ1v) is 7.95. The monoisotopic (exact) mass is 285 g/mol. The summed E-state index contributed by atoms with van der Waals surface area (Å²) in [7, 11) is 0. The van der Waals surface area contributed by atoms with Crippen molar-refractivity contribution in [2.24, 2.45) is 0 Å². The van der Waals surface area contributed by atoms with E-state index < -0.39 is 5.97 Å². The van der Waals surface area contributed by atoms with Crippen LogP contribution in [-0.4, -0.2) is 17.6 Å². The number of fused-ring (bicyclic) bond motifs is 2. The van der Waals surface area contributed by atoms with Gasteiger partial charge in [-0.05, 0) is 43.0 Å². The fourth-order valence-corrected chi connectivity index (χ4v) is 4.04. The van der Waals surface area contributed by atoms with Crippen molar-refractivity contribution in [3.8, 4) is 0 Å². The Morgan fingerprint density at radius 3 is 2.67 bits per heavy atom. The molecule has 112 valence electrons. The lowest BCUT2D eigenvalue weighted by Gasteiger charge is -2.36. The molecule has 0 bridgehead atoms. The lowest BCUT2D eigenvalue weighted by Crippen LogP contribution is -2.32. The van der Waals surface area contributed by atoms with Crippen molar-refractivity contribution in [3.63, 3.8) is 0 Å². The fraction of sp³-hybridized carbons (Fsp3) is 0.500. The van der Waals surface area contributed by atoms with E-state index in [0.29, 0.717) is 5.56 Å². The van der Waals surface area contributed by atoms with Gasteiger partial charge < -0.3 is 10.0 Å². The maximum atomic E-state index is 11.3. The van der Waals surface area contributed by atoms with E-state index in [4.69, 9.17) is 0 Å². The van der Waals surface area contributed by atoms with Gasteiger partial charge in [-0.3, -0.25) is 0 Å². The molecule has 0 saturated heterocycles. The van der Waals surface area contributed by atoms with Crippen molar-refractivity contribution in [2.45, 2.75) is 50.9 Å². The topological polar surface area (TPSA) is 40.5 Å². The molecule has 0 radical (unpaired) electrons. The second-order valence-electron chi connectivity index (χ2n) is 6.28. The number of benzene rings is 1. The molecule has 1 aliphatic carbocycles. The Kier molecular flexibility index (Phi) is 3.52. The van der Waals surface area contributed by atoms with Crippen molar-refractivity contribution >= 4 is 11.7 Å². The average Bonchev–Trinajstić information content (AvgIpc) is 2.71. The minimum absolute atomic E-state index is 0.0196. The first kappa shape index (κ1) is 14.2. The van der Waals surface area contributed by atoms with Gasteiger partial charge in [0.15, 0.2) is 0 Å². The van der Waals surface area contributed by atoms with E-state index in [2.05, 4.69) is 18.4 Å². The second kappa shape index (κ2) is 5.21. The van der Waals surface area contributed by atoms with E-state index in [1.165, 1.54) is 36.2 Å². The highest BCUT2D eigenvalue weighted by molar-refractivity contribution is 5.89. The highest BCUT2D eigenvalue weighted by atomic mass is 16.4. The molecule has 2 aliphatic rings. The van der Waals surface area contributed by atoms with E-state index in [0.717, 1.165) is 25.8 Å². The largest absolute Gasteiger partial charge is 0.478 e. The molecule has 0 atom stereocenters. The van der Waals surface area contributed by atoms with Crippen LogP contribution >= 0.6 is 0 Å². The molecule has 1 aromatic rings. The Labute approximate surface area is 126 Å². The van der Waals surface area contributed by atoms with Gasteiger partial charge in [0.1, 0.15) is 0 Å². The number of allylic oxidation sites excluding steroid dienone is 1. The Bertz CT molecular complexity index is 585. The summed E-state index contributed by atoms with van der Waals surface area (Å²) in [5.74, 6) is -0.844. The standard InChI is InChI=1S/C18H23NO2/c1-3-11-19-13(2)18(9-5-4-6-10-18)15-12-14(17(20)21)7-8-16(15)19/h7-8,12H,2-6,9-11H2,1H3,(H,20,21). The van der Waals surface area contributed by atoms with Crippen LogP contribution in [0.4, 0.5) is 5.69 Å². The first-order valence-electron chi connectivity index (χ1n) is 7.95.